The summed E-state index contributed by atoms with van der Waals surface area (Å²) in [4.78, 5) is 18.0. The molecule has 35 heavy (non-hydrogen) atoms. The summed E-state index contributed by atoms with van der Waals surface area (Å²) < 4.78 is 18.5. The van der Waals surface area contributed by atoms with Gasteiger partial charge in [0.1, 0.15) is 19.0 Å². The van der Waals surface area contributed by atoms with Crippen LogP contribution < -0.4 is 20.1 Å². The van der Waals surface area contributed by atoms with Crippen molar-refractivity contribution in [1.82, 2.24) is 20.2 Å². The number of carbonyl (C=O) groups excluding carboxylic acids is 1. The number of aromatic nitrogens is 2. The number of fused-ring (bicyclic) bond motifs is 2. The number of benzene rings is 2. The summed E-state index contributed by atoms with van der Waals surface area (Å²) in [5, 5.41) is 6.65. The standard InChI is InChI=1S/C27H34N4O4/c1-31-23-14-18(17-28-10-11-33-2)6-8-22(23)30-26(31)19-4-3-5-21(15-19)29-27(32)20-7-9-24-25(16-20)35-13-12-34-24/h6-9,14,16,19,21,28H,3-5,10-13,15,17H2,1-2H3,(H,29,32). The van der Waals surface area contributed by atoms with Crippen LogP contribution in [0.15, 0.2) is 36.4 Å². The third kappa shape index (κ3) is 5.28. The molecule has 2 aromatic carbocycles. The topological polar surface area (TPSA) is 86.6 Å². The molecule has 0 spiro atoms. The molecule has 2 heterocycles. The van der Waals surface area contributed by atoms with Gasteiger partial charge in [-0.05, 0) is 55.2 Å². The summed E-state index contributed by atoms with van der Waals surface area (Å²) in [6.45, 7) is 3.37. The van der Waals surface area contributed by atoms with Crippen LogP contribution in [0, 0.1) is 0 Å². The predicted octanol–water partition coefficient (Wildman–Crippen LogP) is 3.54. The molecule has 186 valence electrons. The van der Waals surface area contributed by atoms with E-state index in [-0.39, 0.29) is 11.9 Å². The Bertz CT molecular complexity index is 1190. The lowest BCUT2D eigenvalue weighted by Crippen LogP contribution is -2.38. The van der Waals surface area contributed by atoms with Crippen molar-refractivity contribution in [2.45, 2.75) is 44.2 Å². The van der Waals surface area contributed by atoms with Crippen LogP contribution in [-0.2, 0) is 18.3 Å². The van der Waals surface area contributed by atoms with E-state index in [0.29, 0.717) is 42.8 Å². The van der Waals surface area contributed by atoms with E-state index in [2.05, 4.69) is 40.4 Å². The monoisotopic (exact) mass is 478 g/mol. The van der Waals surface area contributed by atoms with E-state index in [4.69, 9.17) is 19.2 Å². The van der Waals surface area contributed by atoms with Crippen LogP contribution in [0.25, 0.3) is 11.0 Å². The zero-order valence-electron chi connectivity index (χ0n) is 20.5. The first-order valence-corrected chi connectivity index (χ1v) is 12.5. The van der Waals surface area contributed by atoms with Crippen molar-refractivity contribution in [2.24, 2.45) is 7.05 Å². The van der Waals surface area contributed by atoms with E-state index in [1.54, 1.807) is 19.2 Å². The molecule has 1 aliphatic heterocycles. The molecule has 8 heteroatoms. The third-order valence-corrected chi connectivity index (χ3v) is 6.97. The lowest BCUT2D eigenvalue weighted by molar-refractivity contribution is 0.0923. The van der Waals surface area contributed by atoms with Gasteiger partial charge >= 0.3 is 0 Å². The van der Waals surface area contributed by atoms with Gasteiger partial charge in [-0.1, -0.05) is 12.5 Å². The van der Waals surface area contributed by atoms with Gasteiger partial charge in [0.2, 0.25) is 0 Å². The van der Waals surface area contributed by atoms with Crippen LogP contribution in [0.5, 0.6) is 11.5 Å². The fraction of sp³-hybridized carbons (Fsp3) is 0.481. The van der Waals surface area contributed by atoms with Gasteiger partial charge in [-0.3, -0.25) is 4.79 Å². The minimum Gasteiger partial charge on any atom is -0.486 e. The quantitative estimate of drug-likeness (QED) is 0.482. The Morgan fingerprint density at radius 2 is 2.00 bits per heavy atom. The van der Waals surface area contributed by atoms with Crippen LogP contribution in [0.1, 0.15) is 53.3 Å². The fourth-order valence-corrected chi connectivity index (χ4v) is 5.14. The Morgan fingerprint density at radius 3 is 2.86 bits per heavy atom. The Labute approximate surface area is 206 Å². The van der Waals surface area contributed by atoms with Crippen molar-refractivity contribution < 1.29 is 19.0 Å². The van der Waals surface area contributed by atoms with Gasteiger partial charge in [0.05, 0.1) is 17.6 Å². The number of carbonyl (C=O) groups is 1. The molecule has 2 N–H and O–H groups in total. The molecule has 1 aromatic heterocycles. The third-order valence-electron chi connectivity index (χ3n) is 6.97. The molecule has 1 aliphatic carbocycles. The second-order valence-corrected chi connectivity index (χ2v) is 9.41. The molecule has 1 saturated carbocycles. The van der Waals surface area contributed by atoms with Gasteiger partial charge in [0.15, 0.2) is 11.5 Å². The highest BCUT2D eigenvalue weighted by Gasteiger charge is 2.28. The lowest BCUT2D eigenvalue weighted by atomic mass is 9.85. The number of aryl methyl sites for hydroxylation is 1. The van der Waals surface area contributed by atoms with Gasteiger partial charge in [-0.15, -0.1) is 0 Å². The van der Waals surface area contributed by atoms with E-state index >= 15 is 0 Å². The summed E-state index contributed by atoms with van der Waals surface area (Å²) in [7, 11) is 3.81. The second kappa shape index (κ2) is 10.7. The molecule has 8 nitrogen and oxygen atoms in total. The SMILES string of the molecule is COCCNCc1ccc2nc(C3CCCC(NC(=O)c4ccc5c(c4)OCCO5)C3)n(C)c2c1. The number of rotatable bonds is 8. The number of amides is 1. The van der Waals surface area contributed by atoms with Gasteiger partial charge in [-0.25, -0.2) is 4.98 Å². The van der Waals surface area contributed by atoms with Crippen molar-refractivity contribution >= 4 is 16.9 Å². The van der Waals surface area contributed by atoms with Crippen LogP contribution in [0.4, 0.5) is 0 Å². The summed E-state index contributed by atoms with van der Waals surface area (Å²) >= 11 is 0. The van der Waals surface area contributed by atoms with Gasteiger partial charge in [-0.2, -0.15) is 0 Å². The van der Waals surface area contributed by atoms with Crippen LogP contribution in [0.3, 0.4) is 0 Å². The zero-order valence-corrected chi connectivity index (χ0v) is 20.5. The van der Waals surface area contributed by atoms with E-state index in [1.165, 1.54) is 5.56 Å². The minimum atomic E-state index is -0.0664. The predicted molar refractivity (Wildman–Crippen MR) is 134 cm³/mol. The number of methoxy groups -OCH3 is 1. The normalized spacial score (nSPS) is 19.6. The molecule has 1 amide bonds. The second-order valence-electron chi connectivity index (χ2n) is 9.41. The lowest BCUT2D eigenvalue weighted by Gasteiger charge is -2.29. The smallest absolute Gasteiger partial charge is 0.251 e. The van der Waals surface area contributed by atoms with Crippen molar-refractivity contribution in [3.8, 4) is 11.5 Å². The van der Waals surface area contributed by atoms with Crippen molar-refractivity contribution in [1.29, 1.82) is 0 Å². The van der Waals surface area contributed by atoms with E-state index in [9.17, 15) is 4.79 Å². The summed E-state index contributed by atoms with van der Waals surface area (Å²) in [6, 6.07) is 12.0. The highest BCUT2D eigenvalue weighted by Crippen LogP contribution is 2.35. The molecule has 0 saturated heterocycles. The number of nitrogens with zero attached hydrogens (tertiary/aromatic N) is 2. The van der Waals surface area contributed by atoms with Crippen molar-refractivity contribution in [3.05, 3.63) is 53.3 Å². The van der Waals surface area contributed by atoms with E-state index < -0.39 is 0 Å². The summed E-state index contributed by atoms with van der Waals surface area (Å²) in [5.74, 6) is 2.68. The molecule has 0 radical (unpaired) electrons. The summed E-state index contributed by atoms with van der Waals surface area (Å²) in [5.41, 5.74) is 4.00. The molecule has 5 rings (SSSR count). The van der Waals surface area contributed by atoms with Crippen LogP contribution >= 0.6 is 0 Å². The molecule has 1 fully saturated rings. The highest BCUT2D eigenvalue weighted by molar-refractivity contribution is 5.95. The fourth-order valence-electron chi connectivity index (χ4n) is 5.14. The average molecular weight is 479 g/mol. The Hall–Kier alpha value is -3.10. The maximum Gasteiger partial charge on any atom is 0.251 e. The van der Waals surface area contributed by atoms with Crippen molar-refractivity contribution in [3.63, 3.8) is 0 Å². The molecular formula is C27H34N4O4. The first-order valence-electron chi connectivity index (χ1n) is 12.5. The molecule has 2 aliphatic rings. The largest absolute Gasteiger partial charge is 0.486 e. The maximum absolute atomic E-state index is 13.0. The van der Waals surface area contributed by atoms with Crippen LogP contribution in [0.2, 0.25) is 0 Å². The van der Waals surface area contributed by atoms with E-state index in [1.807, 2.05) is 6.07 Å². The Morgan fingerprint density at radius 1 is 1.14 bits per heavy atom. The molecule has 3 aromatic rings. The number of hydrogen-bond donors (Lipinski definition) is 2. The number of ether oxygens (including phenoxy) is 3. The molecule has 0 bridgehead atoms. The number of imidazole rings is 1. The summed E-state index contributed by atoms with van der Waals surface area (Å²) in [6.07, 6.45) is 4.01. The highest BCUT2D eigenvalue weighted by atomic mass is 16.6. The molecular weight excluding hydrogens is 444 g/mol. The van der Waals surface area contributed by atoms with Gasteiger partial charge in [0.25, 0.3) is 5.91 Å². The number of nitrogens with one attached hydrogen (secondary N) is 2. The Balaban J connectivity index is 1.25. The van der Waals surface area contributed by atoms with E-state index in [0.717, 1.165) is 55.6 Å². The first kappa shape index (κ1) is 23.6. The minimum absolute atomic E-state index is 0.0664. The molecule has 2 unspecified atom stereocenters. The molecule has 2 atom stereocenters. The maximum atomic E-state index is 13.0. The average Bonchev–Trinajstić information content (AvgIpc) is 3.22. The first-order chi connectivity index (χ1) is 17.1. The Kier molecular flexibility index (Phi) is 7.20. The number of hydrogen-bond acceptors (Lipinski definition) is 6. The van der Waals surface area contributed by atoms with Gasteiger partial charge < -0.3 is 29.4 Å². The van der Waals surface area contributed by atoms with Gasteiger partial charge in [0, 0.05) is 44.8 Å². The van der Waals surface area contributed by atoms with Crippen LogP contribution in [-0.4, -0.2) is 55.0 Å². The zero-order chi connectivity index (χ0) is 24.2. The van der Waals surface area contributed by atoms with Crippen molar-refractivity contribution in [2.75, 3.05) is 33.5 Å².